The Bertz CT molecular complexity index is 384. The molecule has 0 amide bonds. The van der Waals surface area contributed by atoms with Gasteiger partial charge >= 0.3 is 0 Å². The van der Waals surface area contributed by atoms with Crippen molar-refractivity contribution in [2.75, 3.05) is 0 Å². The van der Waals surface area contributed by atoms with Crippen LogP contribution in [0.15, 0.2) is 60.7 Å². The molecule has 2 heteroatoms. The molecule has 0 radical (unpaired) electrons. The van der Waals surface area contributed by atoms with E-state index in [-0.39, 0.29) is 0 Å². The quantitative estimate of drug-likeness (QED) is 0.728. The van der Waals surface area contributed by atoms with Crippen LogP contribution in [-0.4, -0.2) is 6.43 Å². The highest BCUT2D eigenvalue weighted by Gasteiger charge is 2.23. The van der Waals surface area contributed by atoms with Crippen molar-refractivity contribution < 1.29 is 8.78 Å². The van der Waals surface area contributed by atoms with Gasteiger partial charge in [0.2, 0.25) is 6.43 Å². The molecule has 0 N–H and O–H groups in total. The highest BCUT2D eigenvalue weighted by atomic mass is 19.3. The van der Waals surface area contributed by atoms with E-state index in [1.165, 1.54) is 0 Å². The van der Waals surface area contributed by atoms with Crippen molar-refractivity contribution >= 4 is 0 Å². The SMILES string of the molecule is FC(F)C(c1ccccc1)c1ccccc1. The van der Waals surface area contributed by atoms with Crippen LogP contribution in [0.5, 0.6) is 0 Å². The minimum absolute atomic E-state index is 0.656. The molecule has 2 rings (SSSR count). The summed E-state index contributed by atoms with van der Waals surface area (Å²) in [6, 6.07) is 17.8. The van der Waals surface area contributed by atoms with Gasteiger partial charge in [0, 0.05) is 0 Å². The smallest absolute Gasteiger partial charge is 0.209 e. The minimum Gasteiger partial charge on any atom is -0.209 e. The molecule has 2 aromatic rings. The molecule has 0 aliphatic heterocycles. The van der Waals surface area contributed by atoms with Gasteiger partial charge < -0.3 is 0 Å². The van der Waals surface area contributed by atoms with Crippen LogP contribution in [0.4, 0.5) is 8.78 Å². The minimum atomic E-state index is -2.38. The van der Waals surface area contributed by atoms with Crippen molar-refractivity contribution in [3.63, 3.8) is 0 Å². The fraction of sp³-hybridized carbons (Fsp3) is 0.143. The van der Waals surface area contributed by atoms with Gasteiger partial charge in [0.1, 0.15) is 0 Å². The zero-order chi connectivity index (χ0) is 11.4. The summed E-state index contributed by atoms with van der Waals surface area (Å²) in [6.07, 6.45) is -2.38. The van der Waals surface area contributed by atoms with Crippen LogP contribution < -0.4 is 0 Å². The highest BCUT2D eigenvalue weighted by molar-refractivity contribution is 5.32. The Morgan fingerprint density at radius 1 is 0.625 bits per heavy atom. The lowest BCUT2D eigenvalue weighted by Gasteiger charge is -2.16. The Labute approximate surface area is 93.5 Å². The summed E-state index contributed by atoms with van der Waals surface area (Å²) in [5, 5.41) is 0. The molecule has 0 spiro atoms. The molecular formula is C14H12F2. The van der Waals surface area contributed by atoms with E-state index in [2.05, 4.69) is 0 Å². The second kappa shape index (κ2) is 4.88. The first kappa shape index (κ1) is 10.8. The standard InChI is InChI=1S/C14H12F2/c15-14(16)13(11-7-3-1-4-8-11)12-9-5-2-6-10-12/h1-10,13-14H. The molecule has 0 unspecified atom stereocenters. The summed E-state index contributed by atoms with van der Waals surface area (Å²) in [4.78, 5) is 0. The normalized spacial score (nSPS) is 11.0. The average Bonchev–Trinajstić information content (AvgIpc) is 2.31. The fourth-order valence-electron chi connectivity index (χ4n) is 1.80. The molecule has 0 saturated carbocycles. The van der Waals surface area contributed by atoms with Crippen molar-refractivity contribution in [1.82, 2.24) is 0 Å². The second-order valence-electron chi connectivity index (χ2n) is 3.63. The molecule has 2 aromatic carbocycles. The first-order chi connectivity index (χ1) is 7.79. The van der Waals surface area contributed by atoms with Crippen LogP contribution >= 0.6 is 0 Å². The lowest BCUT2D eigenvalue weighted by atomic mass is 9.92. The predicted molar refractivity (Wildman–Crippen MR) is 60.7 cm³/mol. The van der Waals surface area contributed by atoms with Crippen LogP contribution in [0.2, 0.25) is 0 Å². The molecule has 0 aromatic heterocycles. The van der Waals surface area contributed by atoms with Gasteiger partial charge in [0.25, 0.3) is 0 Å². The number of hydrogen-bond acceptors (Lipinski definition) is 0. The van der Waals surface area contributed by atoms with Gasteiger partial charge in [0.15, 0.2) is 0 Å². The third-order valence-electron chi connectivity index (χ3n) is 2.57. The summed E-state index contributed by atoms with van der Waals surface area (Å²) < 4.78 is 26.1. The second-order valence-corrected chi connectivity index (χ2v) is 3.63. The molecular weight excluding hydrogens is 206 g/mol. The lowest BCUT2D eigenvalue weighted by Crippen LogP contribution is -2.10. The Hall–Kier alpha value is -1.70. The third-order valence-corrected chi connectivity index (χ3v) is 2.57. The Morgan fingerprint density at radius 3 is 1.31 bits per heavy atom. The van der Waals surface area contributed by atoms with Crippen molar-refractivity contribution in [3.8, 4) is 0 Å². The topological polar surface area (TPSA) is 0 Å². The van der Waals surface area contributed by atoms with Gasteiger partial charge in [-0.05, 0) is 11.1 Å². The molecule has 0 heterocycles. The Balaban J connectivity index is 2.40. The lowest BCUT2D eigenvalue weighted by molar-refractivity contribution is 0.129. The van der Waals surface area contributed by atoms with Crippen molar-refractivity contribution in [2.45, 2.75) is 12.3 Å². The van der Waals surface area contributed by atoms with E-state index in [1.807, 2.05) is 12.1 Å². The van der Waals surface area contributed by atoms with Gasteiger partial charge in [-0.15, -0.1) is 0 Å². The molecule has 0 aliphatic rings. The highest BCUT2D eigenvalue weighted by Crippen LogP contribution is 2.30. The zero-order valence-corrected chi connectivity index (χ0v) is 8.68. The third kappa shape index (κ3) is 2.27. The predicted octanol–water partition coefficient (Wildman–Crippen LogP) is 4.08. The van der Waals surface area contributed by atoms with E-state index < -0.39 is 12.3 Å². The summed E-state index contributed by atoms with van der Waals surface area (Å²) in [5.74, 6) is -0.831. The maximum absolute atomic E-state index is 13.1. The molecule has 0 nitrogen and oxygen atoms in total. The van der Waals surface area contributed by atoms with Crippen molar-refractivity contribution in [3.05, 3.63) is 71.8 Å². The van der Waals surface area contributed by atoms with Gasteiger partial charge in [-0.25, -0.2) is 8.78 Å². The van der Waals surface area contributed by atoms with Crippen LogP contribution in [0.25, 0.3) is 0 Å². The maximum Gasteiger partial charge on any atom is 0.249 e. The van der Waals surface area contributed by atoms with E-state index in [9.17, 15) is 8.78 Å². The van der Waals surface area contributed by atoms with Crippen LogP contribution in [-0.2, 0) is 0 Å². The van der Waals surface area contributed by atoms with Crippen molar-refractivity contribution in [2.24, 2.45) is 0 Å². The number of benzene rings is 2. The number of alkyl halides is 2. The summed E-state index contributed by atoms with van der Waals surface area (Å²) in [7, 11) is 0. The molecule has 16 heavy (non-hydrogen) atoms. The first-order valence-corrected chi connectivity index (χ1v) is 5.17. The summed E-state index contributed by atoms with van der Waals surface area (Å²) in [5.41, 5.74) is 1.31. The molecule has 0 fully saturated rings. The van der Waals surface area contributed by atoms with Crippen LogP contribution in [0.1, 0.15) is 17.0 Å². The number of hydrogen-bond donors (Lipinski definition) is 0. The molecule has 0 atom stereocenters. The monoisotopic (exact) mass is 218 g/mol. The fourth-order valence-corrected chi connectivity index (χ4v) is 1.80. The van der Waals surface area contributed by atoms with E-state index in [0.29, 0.717) is 11.1 Å². The number of halogens is 2. The largest absolute Gasteiger partial charge is 0.249 e. The van der Waals surface area contributed by atoms with E-state index >= 15 is 0 Å². The summed E-state index contributed by atoms with van der Waals surface area (Å²) in [6.45, 7) is 0. The molecule has 0 bridgehead atoms. The van der Waals surface area contributed by atoms with Crippen molar-refractivity contribution in [1.29, 1.82) is 0 Å². The van der Waals surface area contributed by atoms with Gasteiger partial charge in [0.05, 0.1) is 5.92 Å². The Morgan fingerprint density at radius 2 is 1.00 bits per heavy atom. The van der Waals surface area contributed by atoms with Gasteiger partial charge in [-0.1, -0.05) is 60.7 Å². The molecule has 0 saturated heterocycles. The van der Waals surface area contributed by atoms with Crippen LogP contribution in [0.3, 0.4) is 0 Å². The van der Waals surface area contributed by atoms with Gasteiger partial charge in [-0.3, -0.25) is 0 Å². The molecule has 82 valence electrons. The van der Waals surface area contributed by atoms with E-state index in [0.717, 1.165) is 0 Å². The van der Waals surface area contributed by atoms with Gasteiger partial charge in [-0.2, -0.15) is 0 Å². The zero-order valence-electron chi connectivity index (χ0n) is 8.68. The average molecular weight is 218 g/mol. The number of rotatable bonds is 3. The summed E-state index contributed by atoms with van der Waals surface area (Å²) >= 11 is 0. The first-order valence-electron chi connectivity index (χ1n) is 5.17. The van der Waals surface area contributed by atoms with E-state index in [1.54, 1.807) is 48.5 Å². The molecule has 0 aliphatic carbocycles. The maximum atomic E-state index is 13.1. The van der Waals surface area contributed by atoms with Crippen LogP contribution in [0, 0.1) is 0 Å². The Kier molecular flexibility index (Phi) is 3.30. The van der Waals surface area contributed by atoms with E-state index in [4.69, 9.17) is 0 Å².